The zero-order valence-electron chi connectivity index (χ0n) is 18.8. The molecule has 2 fully saturated rings. The fourth-order valence-corrected chi connectivity index (χ4v) is 5.95. The number of anilines is 1. The van der Waals surface area contributed by atoms with Crippen LogP contribution in [0.15, 0.2) is 54.6 Å². The van der Waals surface area contributed by atoms with Gasteiger partial charge < -0.3 is 15.5 Å². The summed E-state index contributed by atoms with van der Waals surface area (Å²) in [5.41, 5.74) is 4.74. The van der Waals surface area contributed by atoms with E-state index in [1.165, 1.54) is 0 Å². The molecule has 0 radical (unpaired) electrons. The normalized spacial score (nSPS) is 25.5. The number of aromatic nitrogens is 2. The summed E-state index contributed by atoms with van der Waals surface area (Å²) in [6, 6.07) is 17.3. The van der Waals surface area contributed by atoms with Crippen molar-refractivity contribution in [1.29, 1.82) is 0 Å². The van der Waals surface area contributed by atoms with E-state index in [4.69, 9.17) is 0 Å². The molecular formula is C26H27N5O2. The van der Waals surface area contributed by atoms with Gasteiger partial charge in [0, 0.05) is 36.0 Å². The van der Waals surface area contributed by atoms with Crippen LogP contribution in [0.3, 0.4) is 0 Å². The first-order valence-corrected chi connectivity index (χ1v) is 11.6. The van der Waals surface area contributed by atoms with Crippen molar-refractivity contribution in [1.82, 2.24) is 20.0 Å². The highest BCUT2D eigenvalue weighted by Gasteiger charge is 2.55. The molecule has 6 rings (SSSR count). The molecule has 7 nitrogen and oxygen atoms in total. The Bertz CT molecular complexity index is 1260. The number of hydrogen-bond donors (Lipinski definition) is 2. The third kappa shape index (κ3) is 3.14. The number of nitrogens with zero attached hydrogens (tertiary/aromatic N) is 3. The van der Waals surface area contributed by atoms with Gasteiger partial charge in [-0.3, -0.25) is 9.59 Å². The highest BCUT2D eigenvalue weighted by Crippen LogP contribution is 2.47. The van der Waals surface area contributed by atoms with Gasteiger partial charge in [0.05, 0.1) is 16.9 Å². The van der Waals surface area contributed by atoms with Crippen molar-refractivity contribution in [3.63, 3.8) is 0 Å². The van der Waals surface area contributed by atoms with E-state index in [1.807, 2.05) is 78.0 Å². The number of amides is 2. The summed E-state index contributed by atoms with van der Waals surface area (Å²) in [4.78, 5) is 28.1. The average molecular weight is 442 g/mol. The molecule has 2 aromatic carbocycles. The summed E-state index contributed by atoms with van der Waals surface area (Å²) in [7, 11) is 0. The van der Waals surface area contributed by atoms with Crippen LogP contribution in [0.5, 0.6) is 0 Å². The van der Waals surface area contributed by atoms with Crippen LogP contribution in [-0.4, -0.2) is 45.2 Å². The van der Waals surface area contributed by atoms with E-state index in [1.54, 1.807) is 0 Å². The van der Waals surface area contributed by atoms with Gasteiger partial charge in [0.15, 0.2) is 0 Å². The third-order valence-electron chi connectivity index (χ3n) is 7.51. The first kappa shape index (κ1) is 20.0. The van der Waals surface area contributed by atoms with Gasteiger partial charge in [-0.1, -0.05) is 12.1 Å². The Morgan fingerprint density at radius 1 is 1.06 bits per heavy atom. The summed E-state index contributed by atoms with van der Waals surface area (Å²) in [6.07, 6.45) is 1.86. The Morgan fingerprint density at radius 2 is 1.85 bits per heavy atom. The fourth-order valence-electron chi connectivity index (χ4n) is 5.95. The van der Waals surface area contributed by atoms with Crippen LogP contribution in [0.1, 0.15) is 44.9 Å². The number of carbonyl (C=O) groups excluding carboxylic acids is 2. The van der Waals surface area contributed by atoms with Gasteiger partial charge in [0.2, 0.25) is 0 Å². The van der Waals surface area contributed by atoms with Gasteiger partial charge in [-0.2, -0.15) is 5.10 Å². The summed E-state index contributed by atoms with van der Waals surface area (Å²) in [5.74, 6) is 0.574. The fraction of sp³-hybridized carbons (Fsp3) is 0.346. The standard InChI is InChI=1S/C26H27N5O2/c1-16-13-17(2)31(29-16)20-9-7-18(8-10-20)25(33)30-14-19-11-12-26(22(19)15-30)27-23-6-4-3-5-21(23)24(32)28-26/h3-10,13,19,22,27H,11-12,14-15H2,1-2H3,(H,28,32)/t19-,22+,26+/m1/s1. The van der Waals surface area contributed by atoms with Gasteiger partial charge in [0.25, 0.3) is 11.8 Å². The van der Waals surface area contributed by atoms with E-state index in [0.717, 1.165) is 42.1 Å². The first-order chi connectivity index (χ1) is 15.9. The Kier molecular flexibility index (Phi) is 4.37. The van der Waals surface area contributed by atoms with Crippen LogP contribution >= 0.6 is 0 Å². The molecule has 168 valence electrons. The molecule has 2 N–H and O–H groups in total. The lowest BCUT2D eigenvalue weighted by molar-refractivity contribution is 0.0767. The highest BCUT2D eigenvalue weighted by atomic mass is 16.2. The Hall–Kier alpha value is -3.61. The number of carbonyl (C=O) groups is 2. The van der Waals surface area contributed by atoms with Crippen molar-refractivity contribution in [2.75, 3.05) is 18.4 Å². The van der Waals surface area contributed by atoms with E-state index in [9.17, 15) is 9.59 Å². The smallest absolute Gasteiger partial charge is 0.255 e. The number of para-hydroxylation sites is 1. The quantitative estimate of drug-likeness (QED) is 0.638. The molecule has 0 unspecified atom stereocenters. The molecule has 2 aliphatic heterocycles. The van der Waals surface area contributed by atoms with Crippen LogP contribution in [-0.2, 0) is 0 Å². The number of hydrogen-bond acceptors (Lipinski definition) is 4. The number of likely N-dealkylation sites (tertiary alicyclic amines) is 1. The zero-order valence-corrected chi connectivity index (χ0v) is 18.8. The molecular weight excluding hydrogens is 414 g/mol. The van der Waals surface area contributed by atoms with Gasteiger partial charge in [0.1, 0.15) is 5.66 Å². The lowest BCUT2D eigenvalue weighted by Gasteiger charge is -2.42. The van der Waals surface area contributed by atoms with Crippen LogP contribution in [0.25, 0.3) is 5.69 Å². The van der Waals surface area contributed by atoms with E-state index >= 15 is 0 Å². The Morgan fingerprint density at radius 3 is 2.61 bits per heavy atom. The lowest BCUT2D eigenvalue weighted by Crippen LogP contribution is -2.61. The topological polar surface area (TPSA) is 79.3 Å². The molecule has 3 aromatic rings. The molecule has 0 bridgehead atoms. The molecule has 3 aliphatic rings. The van der Waals surface area contributed by atoms with Crippen molar-refractivity contribution >= 4 is 17.5 Å². The second-order valence-corrected chi connectivity index (χ2v) is 9.60. The first-order valence-electron chi connectivity index (χ1n) is 11.6. The Labute approximate surface area is 192 Å². The van der Waals surface area contributed by atoms with Crippen molar-refractivity contribution in [2.45, 2.75) is 32.4 Å². The van der Waals surface area contributed by atoms with Crippen molar-refractivity contribution in [2.24, 2.45) is 11.8 Å². The molecule has 3 heterocycles. The predicted molar refractivity (Wildman–Crippen MR) is 125 cm³/mol. The van der Waals surface area contributed by atoms with E-state index < -0.39 is 5.66 Å². The Balaban J connectivity index is 1.21. The minimum atomic E-state index is -0.482. The molecule has 1 saturated carbocycles. The van der Waals surface area contributed by atoms with Crippen LogP contribution in [0.4, 0.5) is 5.69 Å². The van der Waals surface area contributed by atoms with Crippen molar-refractivity contribution in [3.8, 4) is 5.69 Å². The van der Waals surface area contributed by atoms with Crippen molar-refractivity contribution in [3.05, 3.63) is 77.1 Å². The van der Waals surface area contributed by atoms with Crippen LogP contribution in [0, 0.1) is 25.7 Å². The number of benzene rings is 2. The molecule has 33 heavy (non-hydrogen) atoms. The molecule has 7 heteroatoms. The maximum atomic E-state index is 13.3. The number of rotatable bonds is 2. The van der Waals surface area contributed by atoms with Gasteiger partial charge in [-0.05, 0) is 75.1 Å². The summed E-state index contributed by atoms with van der Waals surface area (Å²) < 4.78 is 1.89. The van der Waals surface area contributed by atoms with E-state index in [2.05, 4.69) is 15.7 Å². The maximum Gasteiger partial charge on any atom is 0.255 e. The van der Waals surface area contributed by atoms with E-state index in [-0.39, 0.29) is 17.7 Å². The molecule has 1 aliphatic carbocycles. The molecule has 1 saturated heterocycles. The maximum absolute atomic E-state index is 13.3. The zero-order chi connectivity index (χ0) is 22.7. The second kappa shape index (κ2) is 7.20. The van der Waals surface area contributed by atoms with Gasteiger partial charge >= 0.3 is 0 Å². The predicted octanol–water partition coefficient (Wildman–Crippen LogP) is 3.52. The number of fused-ring (bicyclic) bond motifs is 3. The minimum Gasteiger partial charge on any atom is -0.362 e. The van der Waals surface area contributed by atoms with Gasteiger partial charge in [-0.15, -0.1) is 0 Å². The molecule has 1 aromatic heterocycles. The summed E-state index contributed by atoms with van der Waals surface area (Å²) in [5, 5.41) is 11.4. The third-order valence-corrected chi connectivity index (χ3v) is 7.51. The SMILES string of the molecule is Cc1cc(C)n(-c2ccc(C(=O)N3C[C@H]4CC[C@]5(NC(=O)c6ccccc6N5)[C@H]4C3)cc2)n1. The number of nitrogens with one attached hydrogen (secondary N) is 2. The highest BCUT2D eigenvalue weighted by molar-refractivity contribution is 6.02. The van der Waals surface area contributed by atoms with Crippen LogP contribution < -0.4 is 10.6 Å². The molecule has 2 amide bonds. The second-order valence-electron chi connectivity index (χ2n) is 9.60. The minimum absolute atomic E-state index is 0.0329. The lowest BCUT2D eigenvalue weighted by atomic mass is 9.89. The van der Waals surface area contributed by atoms with Crippen molar-refractivity contribution < 1.29 is 9.59 Å². The molecule has 1 spiro atoms. The van der Waals surface area contributed by atoms with E-state index in [0.29, 0.717) is 23.6 Å². The molecule has 3 atom stereocenters. The number of aryl methyl sites for hydroxylation is 2. The summed E-state index contributed by atoms with van der Waals surface area (Å²) >= 11 is 0. The summed E-state index contributed by atoms with van der Waals surface area (Å²) in [6.45, 7) is 5.36. The van der Waals surface area contributed by atoms with Crippen LogP contribution in [0.2, 0.25) is 0 Å². The van der Waals surface area contributed by atoms with Gasteiger partial charge in [-0.25, -0.2) is 4.68 Å². The average Bonchev–Trinajstić information content (AvgIpc) is 3.48. The largest absolute Gasteiger partial charge is 0.362 e. The monoisotopic (exact) mass is 441 g/mol.